The first-order valence-electron chi connectivity index (χ1n) is 7.73. The maximum Gasteiger partial charge on any atom is 0.252 e. The van der Waals surface area contributed by atoms with Gasteiger partial charge < -0.3 is 15.2 Å². The van der Waals surface area contributed by atoms with Crippen molar-refractivity contribution in [2.75, 3.05) is 13.7 Å². The summed E-state index contributed by atoms with van der Waals surface area (Å²) in [6, 6.07) is 11.7. The van der Waals surface area contributed by atoms with Gasteiger partial charge in [0.25, 0.3) is 5.91 Å². The van der Waals surface area contributed by atoms with Crippen LogP contribution in [0.5, 0.6) is 11.5 Å². The summed E-state index contributed by atoms with van der Waals surface area (Å²) in [6.45, 7) is 0.189. The van der Waals surface area contributed by atoms with E-state index in [1.165, 1.54) is 19.4 Å². The predicted octanol–water partition coefficient (Wildman–Crippen LogP) is 2.43. The van der Waals surface area contributed by atoms with Crippen molar-refractivity contribution in [3.05, 3.63) is 58.1 Å². The van der Waals surface area contributed by atoms with Crippen LogP contribution in [-0.4, -0.2) is 36.8 Å². The summed E-state index contributed by atoms with van der Waals surface area (Å²) in [4.78, 5) is 23.7. The third kappa shape index (κ3) is 5.59. The minimum Gasteiger partial charge on any atom is -0.504 e. The number of amides is 2. The molecule has 0 fully saturated rings. The molecule has 3 N–H and O–H groups in total. The van der Waals surface area contributed by atoms with Crippen LogP contribution in [-0.2, 0) is 4.79 Å². The lowest BCUT2D eigenvalue weighted by atomic mass is 10.2. The molecule has 8 heteroatoms. The molecular formula is C18H18BrN3O4. The average molecular weight is 420 g/mol. The van der Waals surface area contributed by atoms with Gasteiger partial charge in [0.2, 0.25) is 5.91 Å². The molecule has 0 atom stereocenters. The number of nitrogens with one attached hydrogen (secondary N) is 2. The fraction of sp³-hybridized carbons (Fsp3) is 0.167. The Morgan fingerprint density at radius 2 is 2.04 bits per heavy atom. The summed E-state index contributed by atoms with van der Waals surface area (Å²) >= 11 is 3.30. The molecule has 2 amide bonds. The summed E-state index contributed by atoms with van der Waals surface area (Å²) in [7, 11) is 1.44. The largest absolute Gasteiger partial charge is 0.504 e. The number of rotatable bonds is 7. The van der Waals surface area contributed by atoms with E-state index in [0.29, 0.717) is 21.3 Å². The predicted molar refractivity (Wildman–Crippen MR) is 101 cm³/mol. The van der Waals surface area contributed by atoms with Crippen LogP contribution in [0.4, 0.5) is 0 Å². The van der Waals surface area contributed by atoms with Gasteiger partial charge in [0.1, 0.15) is 0 Å². The van der Waals surface area contributed by atoms with E-state index in [-0.39, 0.29) is 30.5 Å². The fourth-order valence-electron chi connectivity index (χ4n) is 2.04. The highest BCUT2D eigenvalue weighted by molar-refractivity contribution is 9.10. The quantitative estimate of drug-likeness (QED) is 0.473. The van der Waals surface area contributed by atoms with Gasteiger partial charge in [0.05, 0.1) is 18.9 Å². The molecule has 2 aromatic rings. The second kappa shape index (κ2) is 9.57. The number of carbonyl (C=O) groups is 2. The van der Waals surface area contributed by atoms with Gasteiger partial charge in [-0.1, -0.05) is 12.1 Å². The average Bonchev–Trinajstić information content (AvgIpc) is 2.63. The highest BCUT2D eigenvalue weighted by Gasteiger charge is 2.09. The van der Waals surface area contributed by atoms with E-state index < -0.39 is 0 Å². The number of phenolic OH excluding ortho intramolecular Hbond substituents is 1. The number of ether oxygens (including phenoxy) is 1. The van der Waals surface area contributed by atoms with Crippen LogP contribution in [0.15, 0.2) is 52.0 Å². The minimum absolute atomic E-state index is 0.0227. The zero-order valence-corrected chi connectivity index (χ0v) is 15.6. The van der Waals surface area contributed by atoms with E-state index in [1.54, 1.807) is 30.3 Å². The lowest BCUT2D eigenvalue weighted by molar-refractivity contribution is -0.120. The van der Waals surface area contributed by atoms with Gasteiger partial charge in [-0.05, 0) is 51.8 Å². The van der Waals surface area contributed by atoms with Crippen molar-refractivity contribution >= 4 is 34.0 Å². The number of benzene rings is 2. The number of hydrogen-bond acceptors (Lipinski definition) is 5. The Kier molecular flexibility index (Phi) is 7.16. The van der Waals surface area contributed by atoms with Crippen molar-refractivity contribution in [3.63, 3.8) is 0 Å². The number of nitrogens with zero attached hydrogens (tertiary/aromatic N) is 1. The maximum absolute atomic E-state index is 12.0. The third-order valence-electron chi connectivity index (χ3n) is 3.36. The van der Waals surface area contributed by atoms with Gasteiger partial charge in [-0.2, -0.15) is 5.10 Å². The molecule has 0 saturated carbocycles. The fourth-order valence-corrected chi connectivity index (χ4v) is 2.50. The summed E-state index contributed by atoms with van der Waals surface area (Å²) in [5.74, 6) is -0.256. The summed E-state index contributed by atoms with van der Waals surface area (Å²) in [6.07, 6.45) is 1.52. The Morgan fingerprint density at radius 1 is 1.27 bits per heavy atom. The summed E-state index contributed by atoms with van der Waals surface area (Å²) in [5, 5.41) is 16.0. The molecule has 0 unspecified atom stereocenters. The lowest BCUT2D eigenvalue weighted by Gasteiger charge is -2.06. The number of halogens is 1. The minimum atomic E-state index is -0.334. The van der Waals surface area contributed by atoms with Gasteiger partial charge in [0.15, 0.2) is 11.5 Å². The van der Waals surface area contributed by atoms with Crippen LogP contribution in [0.2, 0.25) is 0 Å². The van der Waals surface area contributed by atoms with E-state index in [9.17, 15) is 14.7 Å². The van der Waals surface area contributed by atoms with E-state index >= 15 is 0 Å². The first-order chi connectivity index (χ1) is 12.5. The van der Waals surface area contributed by atoms with Gasteiger partial charge in [-0.15, -0.1) is 0 Å². The van der Waals surface area contributed by atoms with Crippen LogP contribution in [0, 0.1) is 0 Å². The van der Waals surface area contributed by atoms with E-state index in [2.05, 4.69) is 31.8 Å². The molecule has 136 valence electrons. The number of methoxy groups -OCH3 is 1. The Balaban J connectivity index is 1.77. The third-order valence-corrected chi connectivity index (χ3v) is 4.05. The van der Waals surface area contributed by atoms with Gasteiger partial charge in [0, 0.05) is 17.4 Å². The number of hydrogen-bond donors (Lipinski definition) is 3. The lowest BCUT2D eigenvalue weighted by Crippen LogP contribution is -2.29. The molecule has 7 nitrogen and oxygen atoms in total. The monoisotopic (exact) mass is 419 g/mol. The normalized spacial score (nSPS) is 10.5. The highest BCUT2D eigenvalue weighted by atomic mass is 79.9. The molecular weight excluding hydrogens is 402 g/mol. The molecule has 0 aliphatic carbocycles. The van der Waals surface area contributed by atoms with Crippen LogP contribution in [0.1, 0.15) is 22.3 Å². The number of carbonyl (C=O) groups excluding carboxylic acids is 2. The topological polar surface area (TPSA) is 100 Å². The van der Waals surface area contributed by atoms with Gasteiger partial charge in [-0.25, -0.2) is 5.43 Å². The first-order valence-corrected chi connectivity index (χ1v) is 8.52. The standard InChI is InChI=1S/C18H18BrN3O4/c1-26-16-10-12(6-7-15(16)23)11-21-22-17(24)8-9-20-18(25)13-4-2-3-5-14(13)19/h2-7,10-11,23H,8-9H2,1H3,(H,20,25)(H,22,24)/b21-11+. The van der Waals surface area contributed by atoms with Crippen LogP contribution in [0.3, 0.4) is 0 Å². The van der Waals surface area contributed by atoms with Crippen LogP contribution >= 0.6 is 15.9 Å². The van der Waals surface area contributed by atoms with Crippen molar-refractivity contribution < 1.29 is 19.4 Å². The second-order valence-corrected chi connectivity index (χ2v) is 6.06. The summed E-state index contributed by atoms with van der Waals surface area (Å²) in [5.41, 5.74) is 3.54. The number of hydrazone groups is 1. The Bertz CT molecular complexity index is 824. The molecule has 2 aromatic carbocycles. The first kappa shape index (κ1) is 19.5. The highest BCUT2D eigenvalue weighted by Crippen LogP contribution is 2.25. The molecule has 0 aliphatic heterocycles. The molecule has 0 radical (unpaired) electrons. The van der Waals surface area contributed by atoms with Crippen molar-refractivity contribution in [3.8, 4) is 11.5 Å². The molecule has 0 aliphatic rings. The van der Waals surface area contributed by atoms with Crippen LogP contribution < -0.4 is 15.5 Å². The number of aromatic hydroxyl groups is 1. The van der Waals surface area contributed by atoms with Crippen molar-refractivity contribution in [2.45, 2.75) is 6.42 Å². The van der Waals surface area contributed by atoms with Gasteiger partial charge >= 0.3 is 0 Å². The summed E-state index contributed by atoms with van der Waals surface area (Å²) < 4.78 is 5.68. The van der Waals surface area contributed by atoms with E-state index in [0.717, 1.165) is 0 Å². The molecule has 0 saturated heterocycles. The Morgan fingerprint density at radius 3 is 2.77 bits per heavy atom. The molecule has 26 heavy (non-hydrogen) atoms. The zero-order chi connectivity index (χ0) is 18.9. The SMILES string of the molecule is COc1cc(/C=N/NC(=O)CCNC(=O)c2ccccc2Br)ccc1O. The molecule has 2 rings (SSSR count). The van der Waals surface area contributed by atoms with E-state index in [4.69, 9.17) is 4.74 Å². The van der Waals surface area contributed by atoms with Crippen molar-refractivity contribution in [1.82, 2.24) is 10.7 Å². The maximum atomic E-state index is 12.0. The zero-order valence-electron chi connectivity index (χ0n) is 14.0. The van der Waals surface area contributed by atoms with Gasteiger partial charge in [-0.3, -0.25) is 9.59 Å². The molecule has 0 bridgehead atoms. The smallest absolute Gasteiger partial charge is 0.252 e. The molecule has 0 spiro atoms. The Hall–Kier alpha value is -2.87. The van der Waals surface area contributed by atoms with E-state index in [1.807, 2.05) is 6.07 Å². The second-order valence-electron chi connectivity index (χ2n) is 5.21. The van der Waals surface area contributed by atoms with Crippen molar-refractivity contribution in [1.29, 1.82) is 0 Å². The van der Waals surface area contributed by atoms with Crippen molar-refractivity contribution in [2.24, 2.45) is 5.10 Å². The number of phenols is 1. The van der Waals surface area contributed by atoms with Crippen LogP contribution in [0.25, 0.3) is 0 Å². The molecule has 0 heterocycles. The molecule has 0 aromatic heterocycles. The Labute approximate surface area is 159 Å².